The van der Waals surface area contributed by atoms with Crippen LogP contribution in [0.15, 0.2) is 18.5 Å². The van der Waals surface area contributed by atoms with Gasteiger partial charge in [-0.3, -0.25) is 9.78 Å². The fourth-order valence-corrected chi connectivity index (χ4v) is 1.92. The molecule has 0 radical (unpaired) electrons. The monoisotopic (exact) mass is 219 g/mol. The molecule has 1 aliphatic carbocycles. The van der Waals surface area contributed by atoms with Crippen molar-refractivity contribution in [1.82, 2.24) is 4.98 Å². The second-order valence-corrected chi connectivity index (χ2v) is 4.95. The summed E-state index contributed by atoms with van der Waals surface area (Å²) in [5, 5.41) is 0. The molecule has 1 unspecified atom stereocenters. The third-order valence-electron chi connectivity index (χ3n) is 3.14. The van der Waals surface area contributed by atoms with Gasteiger partial charge in [0.05, 0.1) is 12.8 Å². The minimum absolute atomic E-state index is 0.158. The Balaban J connectivity index is 2.15. The van der Waals surface area contributed by atoms with Gasteiger partial charge in [0.15, 0.2) is 5.78 Å². The van der Waals surface area contributed by atoms with E-state index in [-0.39, 0.29) is 17.1 Å². The Labute approximate surface area is 95.8 Å². The van der Waals surface area contributed by atoms with E-state index in [1.807, 2.05) is 6.92 Å². The highest BCUT2D eigenvalue weighted by Crippen LogP contribution is 2.53. The minimum atomic E-state index is 0.158. The van der Waals surface area contributed by atoms with Crippen LogP contribution < -0.4 is 4.74 Å². The van der Waals surface area contributed by atoms with Crippen molar-refractivity contribution in [3.05, 3.63) is 24.0 Å². The quantitative estimate of drug-likeness (QED) is 0.731. The van der Waals surface area contributed by atoms with Gasteiger partial charge in [-0.05, 0) is 24.8 Å². The van der Waals surface area contributed by atoms with E-state index in [0.717, 1.165) is 6.42 Å². The lowest BCUT2D eigenvalue weighted by Gasteiger charge is -2.05. The fourth-order valence-electron chi connectivity index (χ4n) is 1.92. The van der Waals surface area contributed by atoms with Gasteiger partial charge in [0, 0.05) is 17.7 Å². The Hall–Kier alpha value is -1.38. The first-order valence-corrected chi connectivity index (χ1v) is 5.66. The maximum Gasteiger partial charge on any atom is 0.168 e. The predicted octanol–water partition coefficient (Wildman–Crippen LogP) is 2.71. The molecular formula is C13H17NO2. The molecule has 0 spiro atoms. The summed E-state index contributed by atoms with van der Waals surface area (Å²) in [7, 11) is 0. The molecule has 3 heteroatoms. The molecule has 2 rings (SSSR count). The first-order valence-electron chi connectivity index (χ1n) is 5.66. The Morgan fingerprint density at radius 2 is 2.25 bits per heavy atom. The van der Waals surface area contributed by atoms with Gasteiger partial charge in [0.2, 0.25) is 0 Å². The molecular weight excluding hydrogens is 202 g/mol. The number of ketones is 1. The van der Waals surface area contributed by atoms with Gasteiger partial charge in [0.1, 0.15) is 5.75 Å². The predicted molar refractivity (Wildman–Crippen MR) is 61.6 cm³/mol. The van der Waals surface area contributed by atoms with Crippen molar-refractivity contribution in [2.24, 2.45) is 11.3 Å². The van der Waals surface area contributed by atoms with Crippen LogP contribution in [0.4, 0.5) is 0 Å². The number of nitrogens with zero attached hydrogens (tertiary/aromatic N) is 1. The van der Waals surface area contributed by atoms with Gasteiger partial charge >= 0.3 is 0 Å². The van der Waals surface area contributed by atoms with E-state index in [9.17, 15) is 4.79 Å². The van der Waals surface area contributed by atoms with Gasteiger partial charge in [-0.2, -0.15) is 0 Å². The van der Waals surface area contributed by atoms with Crippen molar-refractivity contribution < 1.29 is 9.53 Å². The Morgan fingerprint density at radius 3 is 2.81 bits per heavy atom. The molecule has 1 fully saturated rings. The zero-order chi connectivity index (χ0) is 11.8. The van der Waals surface area contributed by atoms with E-state index < -0.39 is 0 Å². The average molecular weight is 219 g/mol. The average Bonchev–Trinajstić information content (AvgIpc) is 2.88. The van der Waals surface area contributed by atoms with E-state index in [4.69, 9.17) is 4.74 Å². The third kappa shape index (κ3) is 2.08. The van der Waals surface area contributed by atoms with Gasteiger partial charge in [-0.15, -0.1) is 0 Å². The first kappa shape index (κ1) is 11.1. The minimum Gasteiger partial charge on any atom is -0.492 e. The number of hydrogen-bond acceptors (Lipinski definition) is 3. The summed E-state index contributed by atoms with van der Waals surface area (Å²) in [4.78, 5) is 16.1. The van der Waals surface area contributed by atoms with Crippen molar-refractivity contribution in [3.63, 3.8) is 0 Å². The summed E-state index contributed by atoms with van der Waals surface area (Å²) in [6, 6.07) is 1.78. The number of Topliss-reactive ketones (excluding diaryl/α,β-unsaturated/α-hetero) is 1. The number of aromatic nitrogens is 1. The van der Waals surface area contributed by atoms with Crippen molar-refractivity contribution in [2.75, 3.05) is 6.61 Å². The second-order valence-electron chi connectivity index (χ2n) is 4.95. The Bertz CT molecular complexity index is 412. The molecule has 0 amide bonds. The smallest absolute Gasteiger partial charge is 0.168 e. The van der Waals surface area contributed by atoms with E-state index in [1.165, 1.54) is 0 Å². The molecule has 1 aromatic rings. The van der Waals surface area contributed by atoms with Crippen LogP contribution in [0.1, 0.15) is 37.6 Å². The van der Waals surface area contributed by atoms with Crippen LogP contribution in [0, 0.1) is 11.3 Å². The molecule has 3 nitrogen and oxygen atoms in total. The van der Waals surface area contributed by atoms with E-state index in [0.29, 0.717) is 17.9 Å². The van der Waals surface area contributed by atoms with Crippen LogP contribution >= 0.6 is 0 Å². The standard InChI is InChI=1S/C13H17NO2/c1-4-16-10-5-9(7-14-8-10)12(15)11-6-13(11,2)3/h5,7-8,11H,4,6H2,1-3H3. The first-order chi connectivity index (χ1) is 7.54. The highest BCUT2D eigenvalue weighted by molar-refractivity contribution is 6.00. The highest BCUT2D eigenvalue weighted by Gasteiger charge is 2.50. The molecule has 0 N–H and O–H groups in total. The van der Waals surface area contributed by atoms with Crippen molar-refractivity contribution in [3.8, 4) is 5.75 Å². The van der Waals surface area contributed by atoms with Gasteiger partial charge in [-0.1, -0.05) is 13.8 Å². The Morgan fingerprint density at radius 1 is 1.56 bits per heavy atom. The zero-order valence-electron chi connectivity index (χ0n) is 9.99. The molecule has 0 bridgehead atoms. The molecule has 0 aromatic carbocycles. The number of hydrogen-bond donors (Lipinski definition) is 0. The van der Waals surface area contributed by atoms with E-state index in [2.05, 4.69) is 18.8 Å². The molecule has 16 heavy (non-hydrogen) atoms. The molecule has 1 aromatic heterocycles. The van der Waals surface area contributed by atoms with Gasteiger partial charge in [0.25, 0.3) is 0 Å². The molecule has 1 aliphatic rings. The van der Waals surface area contributed by atoms with Crippen LogP contribution in [-0.4, -0.2) is 17.4 Å². The molecule has 1 heterocycles. The van der Waals surface area contributed by atoms with Crippen molar-refractivity contribution >= 4 is 5.78 Å². The largest absolute Gasteiger partial charge is 0.492 e. The number of carbonyl (C=O) groups is 1. The summed E-state index contributed by atoms with van der Waals surface area (Å²) < 4.78 is 5.33. The lowest BCUT2D eigenvalue weighted by atomic mass is 10.0. The molecule has 0 saturated heterocycles. The summed E-state index contributed by atoms with van der Waals surface area (Å²) in [6.07, 6.45) is 4.24. The van der Waals surface area contributed by atoms with Gasteiger partial charge in [-0.25, -0.2) is 0 Å². The molecule has 0 aliphatic heterocycles. The summed E-state index contributed by atoms with van der Waals surface area (Å²) in [5.41, 5.74) is 0.833. The van der Waals surface area contributed by atoms with Crippen LogP contribution in [0.5, 0.6) is 5.75 Å². The van der Waals surface area contributed by atoms with E-state index in [1.54, 1.807) is 18.5 Å². The molecule has 1 atom stereocenters. The van der Waals surface area contributed by atoms with Crippen LogP contribution in [0.3, 0.4) is 0 Å². The summed E-state index contributed by atoms with van der Waals surface area (Å²) >= 11 is 0. The van der Waals surface area contributed by atoms with Crippen molar-refractivity contribution in [1.29, 1.82) is 0 Å². The molecule has 86 valence electrons. The van der Waals surface area contributed by atoms with Gasteiger partial charge < -0.3 is 4.74 Å². The van der Waals surface area contributed by atoms with Crippen LogP contribution in [0.2, 0.25) is 0 Å². The molecule has 1 saturated carbocycles. The van der Waals surface area contributed by atoms with Crippen molar-refractivity contribution in [2.45, 2.75) is 27.2 Å². The SMILES string of the molecule is CCOc1cncc(C(=O)C2CC2(C)C)c1. The second kappa shape index (κ2) is 3.89. The van der Waals surface area contributed by atoms with Crippen LogP contribution in [-0.2, 0) is 0 Å². The zero-order valence-corrected chi connectivity index (χ0v) is 9.99. The number of rotatable bonds is 4. The summed E-state index contributed by atoms with van der Waals surface area (Å²) in [6.45, 7) is 6.75. The third-order valence-corrected chi connectivity index (χ3v) is 3.14. The topological polar surface area (TPSA) is 39.2 Å². The number of ether oxygens (including phenoxy) is 1. The lowest BCUT2D eigenvalue weighted by molar-refractivity contribution is 0.0952. The maximum atomic E-state index is 12.1. The normalized spacial score (nSPS) is 21.6. The highest BCUT2D eigenvalue weighted by atomic mass is 16.5. The summed E-state index contributed by atoms with van der Waals surface area (Å²) in [5.74, 6) is 1.03. The Kier molecular flexibility index (Phi) is 2.70. The number of carbonyl (C=O) groups excluding carboxylic acids is 1. The number of pyridine rings is 1. The fraction of sp³-hybridized carbons (Fsp3) is 0.538. The van der Waals surface area contributed by atoms with E-state index >= 15 is 0 Å². The van der Waals surface area contributed by atoms with Crippen LogP contribution in [0.25, 0.3) is 0 Å². The lowest BCUT2D eigenvalue weighted by Crippen LogP contribution is -2.07. The maximum absolute atomic E-state index is 12.1.